The lowest BCUT2D eigenvalue weighted by Crippen LogP contribution is -1.94. The van der Waals surface area contributed by atoms with Crippen LogP contribution in [0, 0.1) is 5.92 Å². The smallest absolute Gasteiger partial charge is 0.306 e. The largest absolute Gasteiger partial charge is 0.481 e. The van der Waals surface area contributed by atoms with E-state index in [1.807, 2.05) is 0 Å². The van der Waals surface area contributed by atoms with E-state index in [0.29, 0.717) is 0 Å². The van der Waals surface area contributed by atoms with Crippen LogP contribution in [0.5, 0.6) is 0 Å². The van der Waals surface area contributed by atoms with Gasteiger partial charge in [0.1, 0.15) is 0 Å². The summed E-state index contributed by atoms with van der Waals surface area (Å²) in [6, 6.07) is 0. The highest BCUT2D eigenvalue weighted by Gasteiger charge is 2.28. The number of carboxylic acid groups (broad SMARTS) is 1. The molecule has 78 valence electrons. The summed E-state index contributed by atoms with van der Waals surface area (Å²) in [5, 5.41) is 8.05. The lowest BCUT2D eigenvalue weighted by molar-refractivity contribution is -0.138. The van der Waals surface area contributed by atoms with Gasteiger partial charge in [0.15, 0.2) is 0 Å². The summed E-state index contributed by atoms with van der Waals surface area (Å²) in [6.07, 6.45) is 8.80. The summed E-state index contributed by atoms with van der Waals surface area (Å²) < 4.78 is 0. The van der Waals surface area contributed by atoms with Crippen molar-refractivity contribution in [1.29, 1.82) is 0 Å². The third-order valence-electron chi connectivity index (χ3n) is 2.13. The number of unbranched alkanes of at least 4 members (excludes halogenated alkanes) is 4. The van der Waals surface area contributed by atoms with Crippen LogP contribution in [0.15, 0.2) is 0 Å². The highest BCUT2D eigenvalue weighted by Crippen LogP contribution is 2.28. The Bertz CT molecular complexity index is 124. The molecule has 0 atom stereocenters. The first-order chi connectivity index (χ1) is 6.22. The third-order valence-corrected chi connectivity index (χ3v) is 2.13. The molecule has 0 amide bonds. The van der Waals surface area contributed by atoms with Crippen molar-refractivity contribution in [3.05, 3.63) is 0 Å². The topological polar surface area (TPSA) is 37.3 Å². The van der Waals surface area contributed by atoms with Gasteiger partial charge in [0.2, 0.25) is 0 Å². The molecular weight excluding hydrogens is 164 g/mol. The van der Waals surface area contributed by atoms with Gasteiger partial charge in [-0.3, -0.25) is 4.79 Å². The van der Waals surface area contributed by atoms with Crippen LogP contribution in [-0.4, -0.2) is 11.1 Å². The third kappa shape index (κ3) is 9.38. The molecule has 0 heterocycles. The molecule has 0 aliphatic heterocycles. The monoisotopic (exact) mass is 186 g/mol. The number of aliphatic carboxylic acids is 1. The van der Waals surface area contributed by atoms with E-state index in [2.05, 4.69) is 13.8 Å². The van der Waals surface area contributed by atoms with Gasteiger partial charge in [-0.15, -0.1) is 0 Å². The van der Waals surface area contributed by atoms with Crippen molar-refractivity contribution in [2.45, 2.75) is 58.8 Å². The molecule has 0 unspecified atom stereocenters. The van der Waals surface area contributed by atoms with Crippen LogP contribution in [0.25, 0.3) is 0 Å². The zero-order chi connectivity index (χ0) is 10.1. The summed E-state index contributed by atoms with van der Waals surface area (Å²) in [7, 11) is 0. The molecule has 0 saturated heterocycles. The van der Waals surface area contributed by atoms with E-state index < -0.39 is 5.97 Å². The highest BCUT2D eigenvalue weighted by molar-refractivity contribution is 5.72. The first kappa shape index (κ1) is 12.5. The van der Waals surface area contributed by atoms with Crippen LogP contribution in [0.2, 0.25) is 0 Å². The average molecular weight is 186 g/mol. The Hall–Kier alpha value is -0.530. The molecule has 0 aromatic carbocycles. The number of rotatable bonds is 5. The molecule has 0 aromatic rings. The van der Waals surface area contributed by atoms with Crippen LogP contribution in [0.4, 0.5) is 0 Å². The van der Waals surface area contributed by atoms with Gasteiger partial charge in [-0.1, -0.05) is 46.0 Å². The van der Waals surface area contributed by atoms with E-state index in [1.165, 1.54) is 32.1 Å². The lowest BCUT2D eigenvalue weighted by atomic mass is 10.2. The molecule has 1 rings (SSSR count). The first-order valence-electron chi connectivity index (χ1n) is 5.45. The van der Waals surface area contributed by atoms with E-state index in [1.54, 1.807) is 0 Å². The average Bonchev–Trinajstić information content (AvgIpc) is 2.88. The number of carboxylic acids is 1. The minimum Gasteiger partial charge on any atom is -0.481 e. The second kappa shape index (κ2) is 8.09. The van der Waals surface area contributed by atoms with E-state index in [-0.39, 0.29) is 5.92 Å². The van der Waals surface area contributed by atoms with Gasteiger partial charge < -0.3 is 5.11 Å². The summed E-state index contributed by atoms with van der Waals surface area (Å²) in [5.74, 6) is -0.611. The van der Waals surface area contributed by atoms with Crippen LogP contribution >= 0.6 is 0 Å². The van der Waals surface area contributed by atoms with Crippen molar-refractivity contribution in [1.82, 2.24) is 0 Å². The Morgan fingerprint density at radius 1 is 1.15 bits per heavy atom. The van der Waals surface area contributed by atoms with Crippen molar-refractivity contribution in [3.8, 4) is 0 Å². The molecule has 1 aliphatic rings. The molecule has 1 N–H and O–H groups in total. The van der Waals surface area contributed by atoms with Crippen LogP contribution in [0.1, 0.15) is 58.8 Å². The standard InChI is InChI=1S/C7H16.C4H6O2/c1-3-5-7-6-4-2;5-4(6)3-1-2-3/h3-7H2,1-2H3;3H,1-2H2,(H,5,6). The second-order valence-electron chi connectivity index (χ2n) is 3.67. The molecule has 2 heteroatoms. The Morgan fingerprint density at radius 3 is 1.77 bits per heavy atom. The highest BCUT2D eigenvalue weighted by atomic mass is 16.4. The van der Waals surface area contributed by atoms with Crippen molar-refractivity contribution in [3.63, 3.8) is 0 Å². The Balaban J connectivity index is 0.000000223. The van der Waals surface area contributed by atoms with Gasteiger partial charge in [0.25, 0.3) is 0 Å². The van der Waals surface area contributed by atoms with Crippen LogP contribution in [-0.2, 0) is 4.79 Å². The van der Waals surface area contributed by atoms with E-state index in [0.717, 1.165) is 12.8 Å². The summed E-state index contributed by atoms with van der Waals surface area (Å²) in [4.78, 5) is 9.76. The summed E-state index contributed by atoms with van der Waals surface area (Å²) >= 11 is 0. The second-order valence-corrected chi connectivity index (χ2v) is 3.67. The van der Waals surface area contributed by atoms with Crippen molar-refractivity contribution < 1.29 is 9.90 Å². The maximum absolute atomic E-state index is 9.76. The van der Waals surface area contributed by atoms with Crippen molar-refractivity contribution in [2.75, 3.05) is 0 Å². The van der Waals surface area contributed by atoms with Crippen LogP contribution < -0.4 is 0 Å². The zero-order valence-electron chi connectivity index (χ0n) is 8.88. The van der Waals surface area contributed by atoms with E-state index >= 15 is 0 Å². The van der Waals surface area contributed by atoms with Gasteiger partial charge in [-0.05, 0) is 12.8 Å². The van der Waals surface area contributed by atoms with Crippen molar-refractivity contribution in [2.24, 2.45) is 5.92 Å². The summed E-state index contributed by atoms with van der Waals surface area (Å²) in [5.41, 5.74) is 0. The first-order valence-corrected chi connectivity index (χ1v) is 5.45. The van der Waals surface area contributed by atoms with Gasteiger partial charge in [0, 0.05) is 0 Å². The molecule has 2 nitrogen and oxygen atoms in total. The molecule has 0 radical (unpaired) electrons. The predicted molar refractivity (Wildman–Crippen MR) is 54.8 cm³/mol. The Labute approximate surface area is 81.3 Å². The molecule has 0 aromatic heterocycles. The normalized spacial score (nSPS) is 14.6. The summed E-state index contributed by atoms with van der Waals surface area (Å²) in [6.45, 7) is 4.49. The fraction of sp³-hybridized carbons (Fsp3) is 0.909. The minimum absolute atomic E-state index is 0.0185. The van der Waals surface area contributed by atoms with Gasteiger partial charge in [-0.25, -0.2) is 0 Å². The maximum Gasteiger partial charge on any atom is 0.306 e. The number of carbonyl (C=O) groups is 1. The molecular formula is C11H22O2. The number of hydrogen-bond acceptors (Lipinski definition) is 1. The van der Waals surface area contributed by atoms with Crippen LogP contribution in [0.3, 0.4) is 0 Å². The molecule has 1 aliphatic carbocycles. The van der Waals surface area contributed by atoms with E-state index in [9.17, 15) is 4.79 Å². The lowest BCUT2D eigenvalue weighted by Gasteiger charge is -1.90. The maximum atomic E-state index is 9.76. The Morgan fingerprint density at radius 2 is 1.62 bits per heavy atom. The fourth-order valence-corrected chi connectivity index (χ4v) is 1.01. The van der Waals surface area contributed by atoms with Gasteiger partial charge in [0.05, 0.1) is 5.92 Å². The van der Waals surface area contributed by atoms with E-state index in [4.69, 9.17) is 5.11 Å². The fourth-order valence-electron chi connectivity index (χ4n) is 1.01. The molecule has 0 bridgehead atoms. The molecule has 1 saturated carbocycles. The molecule has 13 heavy (non-hydrogen) atoms. The molecule has 1 fully saturated rings. The zero-order valence-corrected chi connectivity index (χ0v) is 8.88. The Kier molecular flexibility index (Phi) is 7.76. The predicted octanol–water partition coefficient (Wildman–Crippen LogP) is 3.46. The number of hydrogen-bond donors (Lipinski definition) is 1. The SMILES string of the molecule is CCCCCCC.O=C(O)C1CC1. The van der Waals surface area contributed by atoms with Gasteiger partial charge >= 0.3 is 5.97 Å². The quantitative estimate of drug-likeness (QED) is 0.668. The van der Waals surface area contributed by atoms with Gasteiger partial charge in [-0.2, -0.15) is 0 Å². The van der Waals surface area contributed by atoms with Crippen molar-refractivity contribution >= 4 is 5.97 Å². The minimum atomic E-state index is -0.630. The molecule has 0 spiro atoms.